The maximum atomic E-state index is 12.2. The van der Waals surface area contributed by atoms with E-state index in [4.69, 9.17) is 0 Å². The predicted octanol–water partition coefficient (Wildman–Crippen LogP) is 4.67. The maximum absolute atomic E-state index is 12.2. The van der Waals surface area contributed by atoms with Crippen molar-refractivity contribution in [3.63, 3.8) is 0 Å². The lowest BCUT2D eigenvalue weighted by Gasteiger charge is -2.07. The average molecular weight is 423 g/mol. The fourth-order valence-electron chi connectivity index (χ4n) is 2.74. The quantitative estimate of drug-likeness (QED) is 0.744. The van der Waals surface area contributed by atoms with E-state index >= 15 is 0 Å². The number of amides is 1. The van der Waals surface area contributed by atoms with Crippen molar-refractivity contribution in [1.29, 1.82) is 0 Å². The fraction of sp³-hybridized carbons (Fsp3) is 0.278. The van der Waals surface area contributed by atoms with E-state index in [1.807, 2.05) is 30.3 Å². The molecule has 3 rings (SSSR count). The van der Waals surface area contributed by atoms with Crippen molar-refractivity contribution < 1.29 is 4.79 Å². The third kappa shape index (κ3) is 3.79. The Balaban J connectivity index is 1.49. The minimum Gasteiger partial charge on any atom is -0.356 e. The van der Waals surface area contributed by atoms with Gasteiger partial charge in [0.15, 0.2) is 0 Å². The smallest absolute Gasteiger partial charge is 0.223 e. The topological polar surface area (TPSA) is 29.1 Å². The number of halogens is 2. The van der Waals surface area contributed by atoms with Gasteiger partial charge in [-0.2, -0.15) is 0 Å². The highest BCUT2D eigenvalue weighted by molar-refractivity contribution is 9.10. The molecular weight excluding hydrogens is 406 g/mol. The normalized spacial score (nSPS) is 19.7. The summed E-state index contributed by atoms with van der Waals surface area (Å²) in [6.45, 7) is 0.684. The van der Waals surface area contributed by atoms with E-state index in [-0.39, 0.29) is 11.8 Å². The lowest BCUT2D eigenvalue weighted by Crippen LogP contribution is -2.27. The number of rotatable bonds is 5. The molecule has 2 aromatic carbocycles. The van der Waals surface area contributed by atoms with Crippen LogP contribution >= 0.6 is 31.9 Å². The van der Waals surface area contributed by atoms with Crippen LogP contribution in [0.5, 0.6) is 0 Å². The second kappa shape index (κ2) is 6.97. The van der Waals surface area contributed by atoms with Crippen LogP contribution in [0.3, 0.4) is 0 Å². The molecule has 2 aromatic rings. The third-order valence-electron chi connectivity index (χ3n) is 4.06. The van der Waals surface area contributed by atoms with Gasteiger partial charge >= 0.3 is 0 Å². The van der Waals surface area contributed by atoms with Gasteiger partial charge in [-0.3, -0.25) is 4.79 Å². The van der Waals surface area contributed by atoms with Crippen LogP contribution in [0.4, 0.5) is 0 Å². The second-order valence-electron chi connectivity index (χ2n) is 5.64. The summed E-state index contributed by atoms with van der Waals surface area (Å²) in [5.74, 6) is 0.687. The summed E-state index contributed by atoms with van der Waals surface area (Å²) in [6.07, 6.45) is 1.80. The van der Waals surface area contributed by atoms with Crippen molar-refractivity contribution in [2.75, 3.05) is 6.54 Å². The Morgan fingerprint density at radius 3 is 2.73 bits per heavy atom. The summed E-state index contributed by atoms with van der Waals surface area (Å²) in [6, 6.07) is 16.4. The molecule has 0 bridgehead atoms. The highest BCUT2D eigenvalue weighted by Crippen LogP contribution is 2.47. The zero-order chi connectivity index (χ0) is 15.5. The first-order valence-corrected chi connectivity index (χ1v) is 9.00. The van der Waals surface area contributed by atoms with E-state index < -0.39 is 0 Å². The molecule has 2 unspecified atom stereocenters. The van der Waals surface area contributed by atoms with Crippen LogP contribution < -0.4 is 5.32 Å². The molecule has 0 radical (unpaired) electrons. The molecule has 2 atom stereocenters. The van der Waals surface area contributed by atoms with Crippen molar-refractivity contribution in [3.05, 3.63) is 68.6 Å². The molecule has 1 N–H and O–H groups in total. The predicted molar refractivity (Wildman–Crippen MR) is 95.8 cm³/mol. The third-order valence-corrected chi connectivity index (χ3v) is 5.32. The summed E-state index contributed by atoms with van der Waals surface area (Å²) in [7, 11) is 0. The van der Waals surface area contributed by atoms with Gasteiger partial charge < -0.3 is 5.32 Å². The van der Waals surface area contributed by atoms with Crippen molar-refractivity contribution in [2.45, 2.75) is 18.8 Å². The Kier molecular flexibility index (Phi) is 4.99. The Hall–Kier alpha value is -1.13. The fourth-order valence-corrected chi connectivity index (χ4v) is 3.64. The first-order valence-electron chi connectivity index (χ1n) is 7.42. The van der Waals surface area contributed by atoms with Crippen molar-refractivity contribution in [2.24, 2.45) is 5.92 Å². The largest absolute Gasteiger partial charge is 0.356 e. The number of hydrogen-bond acceptors (Lipinski definition) is 1. The first kappa shape index (κ1) is 15.8. The molecule has 114 valence electrons. The standard InChI is InChI=1S/C18H17Br2NO/c19-14-6-3-5-13(10-14)15-11-16(15)18(22)21-9-8-12-4-1-2-7-17(12)20/h1-7,10,15-16H,8-9,11H2,(H,21,22). The second-order valence-corrected chi connectivity index (χ2v) is 7.41. The van der Waals surface area contributed by atoms with Gasteiger partial charge in [0.25, 0.3) is 0 Å². The zero-order valence-electron chi connectivity index (χ0n) is 12.1. The van der Waals surface area contributed by atoms with Crippen LogP contribution in [0.15, 0.2) is 57.5 Å². The van der Waals surface area contributed by atoms with E-state index in [0.29, 0.717) is 12.5 Å². The van der Waals surface area contributed by atoms with Crippen LogP contribution in [0, 0.1) is 5.92 Å². The molecule has 0 heterocycles. The molecule has 1 aliphatic rings. The molecular formula is C18H17Br2NO. The van der Waals surface area contributed by atoms with Gasteiger partial charge in [-0.05, 0) is 48.1 Å². The van der Waals surface area contributed by atoms with Crippen molar-refractivity contribution in [1.82, 2.24) is 5.32 Å². The van der Waals surface area contributed by atoms with Crippen LogP contribution in [-0.4, -0.2) is 12.5 Å². The van der Waals surface area contributed by atoms with Crippen LogP contribution in [0.2, 0.25) is 0 Å². The molecule has 0 spiro atoms. The molecule has 1 amide bonds. The summed E-state index contributed by atoms with van der Waals surface area (Å²) in [5.41, 5.74) is 2.47. The minimum absolute atomic E-state index is 0.133. The van der Waals surface area contributed by atoms with Gasteiger partial charge in [0.1, 0.15) is 0 Å². The highest BCUT2D eigenvalue weighted by Gasteiger charge is 2.43. The number of benzene rings is 2. The minimum atomic E-state index is 0.133. The molecule has 0 aliphatic heterocycles. The molecule has 0 aromatic heterocycles. The zero-order valence-corrected chi connectivity index (χ0v) is 15.2. The molecule has 1 saturated carbocycles. The van der Waals surface area contributed by atoms with E-state index in [2.05, 4.69) is 55.4 Å². The Morgan fingerprint density at radius 1 is 1.14 bits per heavy atom. The Morgan fingerprint density at radius 2 is 1.95 bits per heavy atom. The molecule has 0 saturated heterocycles. The van der Waals surface area contributed by atoms with Gasteiger partial charge in [-0.25, -0.2) is 0 Å². The number of hydrogen-bond donors (Lipinski definition) is 1. The van der Waals surface area contributed by atoms with Gasteiger partial charge in [-0.15, -0.1) is 0 Å². The summed E-state index contributed by atoms with van der Waals surface area (Å²) < 4.78 is 2.17. The Labute approximate surface area is 147 Å². The van der Waals surface area contributed by atoms with Crippen molar-refractivity contribution >= 4 is 37.8 Å². The molecule has 1 fully saturated rings. The van der Waals surface area contributed by atoms with Gasteiger partial charge in [0, 0.05) is 21.4 Å². The van der Waals surface area contributed by atoms with Crippen LogP contribution in [-0.2, 0) is 11.2 Å². The SMILES string of the molecule is O=C(NCCc1ccccc1Br)C1CC1c1cccc(Br)c1. The van der Waals surface area contributed by atoms with Gasteiger partial charge in [0.05, 0.1) is 0 Å². The number of carbonyl (C=O) groups is 1. The molecule has 1 aliphatic carbocycles. The number of nitrogens with one attached hydrogen (secondary N) is 1. The van der Waals surface area contributed by atoms with E-state index in [0.717, 1.165) is 21.8 Å². The summed E-state index contributed by atoms with van der Waals surface area (Å²) >= 11 is 7.02. The highest BCUT2D eigenvalue weighted by atomic mass is 79.9. The van der Waals surface area contributed by atoms with E-state index in [1.165, 1.54) is 11.1 Å². The average Bonchev–Trinajstić information content (AvgIpc) is 3.30. The summed E-state index contributed by atoms with van der Waals surface area (Å²) in [5, 5.41) is 3.06. The molecule has 2 nitrogen and oxygen atoms in total. The van der Waals surface area contributed by atoms with Crippen LogP contribution in [0.1, 0.15) is 23.5 Å². The number of carbonyl (C=O) groups excluding carboxylic acids is 1. The molecule has 4 heteroatoms. The van der Waals surface area contributed by atoms with Gasteiger partial charge in [0.2, 0.25) is 5.91 Å². The van der Waals surface area contributed by atoms with Crippen LogP contribution in [0.25, 0.3) is 0 Å². The van der Waals surface area contributed by atoms with E-state index in [9.17, 15) is 4.79 Å². The van der Waals surface area contributed by atoms with E-state index in [1.54, 1.807) is 0 Å². The lowest BCUT2D eigenvalue weighted by molar-refractivity contribution is -0.122. The monoisotopic (exact) mass is 421 g/mol. The lowest BCUT2D eigenvalue weighted by atomic mass is 10.1. The van der Waals surface area contributed by atoms with Crippen molar-refractivity contribution in [3.8, 4) is 0 Å². The summed E-state index contributed by atoms with van der Waals surface area (Å²) in [4.78, 5) is 12.2. The first-order chi connectivity index (χ1) is 10.6. The maximum Gasteiger partial charge on any atom is 0.223 e. The van der Waals surface area contributed by atoms with Gasteiger partial charge in [-0.1, -0.05) is 62.2 Å². The molecule has 22 heavy (non-hydrogen) atoms. The Bertz CT molecular complexity index is 686.